The first kappa shape index (κ1) is 11.7. The standard InChI is InChI=1S/C13H14N4O2/c1-9-6-11(18)10(7-15-9)13(19)17-5-4-16-3-2-14-12(16)8-17/h2-3,6-7H,4-5,8H2,1H3,(H,15,18). The second kappa shape index (κ2) is 4.38. The predicted molar refractivity (Wildman–Crippen MR) is 68.8 cm³/mol. The van der Waals surface area contributed by atoms with Gasteiger partial charge in [-0.15, -0.1) is 0 Å². The summed E-state index contributed by atoms with van der Waals surface area (Å²) in [6.07, 6.45) is 5.11. The molecule has 2 aromatic heterocycles. The highest BCUT2D eigenvalue weighted by Crippen LogP contribution is 2.12. The Bertz CT molecular complexity index is 686. The smallest absolute Gasteiger partial charge is 0.259 e. The van der Waals surface area contributed by atoms with Crippen molar-refractivity contribution in [2.24, 2.45) is 0 Å². The van der Waals surface area contributed by atoms with Crippen LogP contribution in [0.15, 0.2) is 29.5 Å². The molecule has 0 saturated carbocycles. The molecular formula is C13H14N4O2. The highest BCUT2D eigenvalue weighted by atomic mass is 16.2. The fourth-order valence-corrected chi connectivity index (χ4v) is 2.26. The monoisotopic (exact) mass is 258 g/mol. The number of aromatic nitrogens is 3. The summed E-state index contributed by atoms with van der Waals surface area (Å²) in [5.74, 6) is 0.610. The molecule has 0 atom stereocenters. The number of aromatic amines is 1. The zero-order chi connectivity index (χ0) is 13.4. The number of imidazole rings is 1. The molecule has 3 heterocycles. The van der Waals surface area contributed by atoms with E-state index in [1.54, 1.807) is 18.0 Å². The zero-order valence-corrected chi connectivity index (χ0v) is 10.6. The second-order valence-corrected chi connectivity index (χ2v) is 4.66. The molecule has 1 N–H and O–H groups in total. The SMILES string of the molecule is Cc1cc(=O)c(C(=O)N2CCn3ccnc3C2)c[nH]1. The fourth-order valence-electron chi connectivity index (χ4n) is 2.26. The lowest BCUT2D eigenvalue weighted by atomic mass is 10.2. The number of carbonyl (C=O) groups excluding carboxylic acids is 1. The maximum Gasteiger partial charge on any atom is 0.259 e. The Morgan fingerprint density at radius 2 is 2.26 bits per heavy atom. The van der Waals surface area contributed by atoms with Crippen molar-refractivity contribution in [1.29, 1.82) is 0 Å². The molecule has 1 aliphatic rings. The molecule has 0 spiro atoms. The maximum absolute atomic E-state index is 12.3. The molecule has 19 heavy (non-hydrogen) atoms. The van der Waals surface area contributed by atoms with Gasteiger partial charge in [0, 0.05) is 43.4 Å². The minimum atomic E-state index is -0.241. The van der Waals surface area contributed by atoms with Gasteiger partial charge in [-0.1, -0.05) is 0 Å². The summed E-state index contributed by atoms with van der Waals surface area (Å²) in [7, 11) is 0. The van der Waals surface area contributed by atoms with Crippen molar-refractivity contribution in [3.8, 4) is 0 Å². The quantitative estimate of drug-likeness (QED) is 0.811. The van der Waals surface area contributed by atoms with Gasteiger partial charge in [-0.05, 0) is 6.92 Å². The number of carbonyl (C=O) groups is 1. The van der Waals surface area contributed by atoms with E-state index in [1.165, 1.54) is 12.3 Å². The Balaban J connectivity index is 1.87. The number of rotatable bonds is 1. The van der Waals surface area contributed by atoms with Gasteiger partial charge in [0.15, 0.2) is 5.43 Å². The summed E-state index contributed by atoms with van der Waals surface area (Å²) in [5, 5.41) is 0. The number of hydrogen-bond acceptors (Lipinski definition) is 3. The van der Waals surface area contributed by atoms with Crippen molar-refractivity contribution in [2.75, 3.05) is 6.54 Å². The van der Waals surface area contributed by atoms with Gasteiger partial charge in [0.2, 0.25) is 0 Å². The van der Waals surface area contributed by atoms with Crippen LogP contribution >= 0.6 is 0 Å². The second-order valence-electron chi connectivity index (χ2n) is 4.66. The molecule has 6 heteroatoms. The lowest BCUT2D eigenvalue weighted by Gasteiger charge is -2.27. The number of H-pyrrole nitrogens is 1. The van der Waals surface area contributed by atoms with Crippen molar-refractivity contribution >= 4 is 5.91 Å². The normalized spacial score (nSPS) is 14.3. The van der Waals surface area contributed by atoms with E-state index in [0.29, 0.717) is 19.6 Å². The average Bonchev–Trinajstić information content (AvgIpc) is 2.85. The molecule has 98 valence electrons. The van der Waals surface area contributed by atoms with Gasteiger partial charge in [-0.3, -0.25) is 9.59 Å². The minimum absolute atomic E-state index is 0.186. The average molecular weight is 258 g/mol. The number of nitrogens with zero attached hydrogens (tertiary/aromatic N) is 3. The fraction of sp³-hybridized carbons (Fsp3) is 0.308. The largest absolute Gasteiger partial charge is 0.364 e. The molecule has 0 fully saturated rings. The summed E-state index contributed by atoms with van der Waals surface area (Å²) >= 11 is 0. The van der Waals surface area contributed by atoms with E-state index in [-0.39, 0.29) is 16.9 Å². The number of fused-ring (bicyclic) bond motifs is 1. The lowest BCUT2D eigenvalue weighted by Crippen LogP contribution is -2.40. The number of amides is 1. The van der Waals surface area contributed by atoms with Crippen molar-refractivity contribution in [1.82, 2.24) is 19.4 Å². The number of aryl methyl sites for hydroxylation is 1. The molecular weight excluding hydrogens is 244 g/mol. The van der Waals surface area contributed by atoms with E-state index in [4.69, 9.17) is 0 Å². The number of hydrogen-bond donors (Lipinski definition) is 1. The molecule has 0 radical (unpaired) electrons. The summed E-state index contributed by atoms with van der Waals surface area (Å²) in [4.78, 5) is 32.9. The Morgan fingerprint density at radius 3 is 3.05 bits per heavy atom. The maximum atomic E-state index is 12.3. The van der Waals surface area contributed by atoms with E-state index in [9.17, 15) is 9.59 Å². The van der Waals surface area contributed by atoms with E-state index in [1.807, 2.05) is 10.8 Å². The van der Waals surface area contributed by atoms with Crippen LogP contribution in [0.25, 0.3) is 0 Å². The summed E-state index contributed by atoms with van der Waals surface area (Å²) in [5.41, 5.74) is 0.691. The third-order valence-corrected chi connectivity index (χ3v) is 3.32. The van der Waals surface area contributed by atoms with Crippen LogP contribution in [0.2, 0.25) is 0 Å². The highest BCUT2D eigenvalue weighted by Gasteiger charge is 2.23. The molecule has 1 aliphatic heterocycles. The van der Waals surface area contributed by atoms with Crippen molar-refractivity contribution in [2.45, 2.75) is 20.0 Å². The van der Waals surface area contributed by atoms with E-state index in [2.05, 4.69) is 9.97 Å². The number of nitrogens with one attached hydrogen (secondary N) is 1. The van der Waals surface area contributed by atoms with Gasteiger partial charge in [0.1, 0.15) is 11.4 Å². The van der Waals surface area contributed by atoms with Gasteiger partial charge >= 0.3 is 0 Å². The molecule has 0 aromatic carbocycles. The first-order chi connectivity index (χ1) is 9.15. The van der Waals surface area contributed by atoms with Crippen molar-refractivity contribution in [3.05, 3.63) is 52.0 Å². The van der Waals surface area contributed by atoms with Crippen molar-refractivity contribution in [3.63, 3.8) is 0 Å². The van der Waals surface area contributed by atoms with Gasteiger partial charge in [-0.2, -0.15) is 0 Å². The van der Waals surface area contributed by atoms with Crippen LogP contribution in [0, 0.1) is 6.92 Å². The first-order valence-electron chi connectivity index (χ1n) is 6.14. The van der Waals surface area contributed by atoms with E-state index in [0.717, 1.165) is 11.5 Å². The summed E-state index contributed by atoms with van der Waals surface area (Å²) in [6, 6.07) is 1.44. The van der Waals surface area contributed by atoms with Crippen molar-refractivity contribution < 1.29 is 4.79 Å². The van der Waals surface area contributed by atoms with Crippen LogP contribution in [0.1, 0.15) is 21.9 Å². The van der Waals surface area contributed by atoms with Gasteiger partial charge < -0.3 is 14.5 Å². The lowest BCUT2D eigenvalue weighted by molar-refractivity contribution is 0.0706. The van der Waals surface area contributed by atoms with Crippen LogP contribution in [0.3, 0.4) is 0 Å². The Kier molecular flexibility index (Phi) is 2.70. The zero-order valence-electron chi connectivity index (χ0n) is 10.6. The third-order valence-electron chi connectivity index (χ3n) is 3.32. The summed E-state index contributed by atoms with van der Waals surface area (Å²) < 4.78 is 2.02. The van der Waals surface area contributed by atoms with E-state index < -0.39 is 0 Å². The molecule has 0 unspecified atom stereocenters. The Labute approximate surface area is 109 Å². The van der Waals surface area contributed by atoms with Crippen LogP contribution in [0.5, 0.6) is 0 Å². The molecule has 2 aromatic rings. The van der Waals surface area contributed by atoms with Gasteiger partial charge in [0.25, 0.3) is 5.91 Å². The molecule has 0 saturated heterocycles. The minimum Gasteiger partial charge on any atom is -0.364 e. The van der Waals surface area contributed by atoms with Gasteiger partial charge in [0.05, 0.1) is 6.54 Å². The molecule has 0 bridgehead atoms. The van der Waals surface area contributed by atoms with Gasteiger partial charge in [-0.25, -0.2) is 4.98 Å². The Morgan fingerprint density at radius 1 is 1.42 bits per heavy atom. The van der Waals surface area contributed by atoms with E-state index >= 15 is 0 Å². The van der Waals surface area contributed by atoms with Crippen LogP contribution in [-0.2, 0) is 13.1 Å². The molecule has 6 nitrogen and oxygen atoms in total. The predicted octanol–water partition coefficient (Wildman–Crippen LogP) is 0.536. The van der Waals surface area contributed by atoms with Crippen LogP contribution in [-0.4, -0.2) is 31.9 Å². The van der Waals surface area contributed by atoms with Crippen LogP contribution in [0.4, 0.5) is 0 Å². The topological polar surface area (TPSA) is 71.0 Å². The molecule has 1 amide bonds. The van der Waals surface area contributed by atoms with Crippen LogP contribution < -0.4 is 5.43 Å². The Hall–Kier alpha value is -2.37. The summed E-state index contributed by atoms with van der Waals surface area (Å²) in [6.45, 7) is 3.53. The number of pyridine rings is 1. The molecule has 0 aliphatic carbocycles. The highest BCUT2D eigenvalue weighted by molar-refractivity contribution is 5.93. The third kappa shape index (κ3) is 2.05. The first-order valence-corrected chi connectivity index (χ1v) is 6.14. The molecule has 3 rings (SSSR count).